The van der Waals surface area contributed by atoms with E-state index in [0.29, 0.717) is 0 Å². The average molecular weight is 217 g/mol. The molecule has 4 nitrogen and oxygen atoms in total. The molecular formula is C12H15N3O. The van der Waals surface area contributed by atoms with Crippen molar-refractivity contribution in [3.8, 4) is 0 Å². The molecule has 2 aromatic rings. The third-order valence-corrected chi connectivity index (χ3v) is 3.98. The van der Waals surface area contributed by atoms with Gasteiger partial charge in [0.1, 0.15) is 0 Å². The van der Waals surface area contributed by atoms with Gasteiger partial charge in [0.15, 0.2) is 5.65 Å². The number of aromatic nitrogens is 3. The minimum absolute atomic E-state index is 0.125. The van der Waals surface area contributed by atoms with E-state index in [0.717, 1.165) is 17.6 Å². The molecule has 1 aliphatic rings. The Hall–Kier alpha value is -1.42. The number of rotatable bonds is 2. The fourth-order valence-corrected chi connectivity index (χ4v) is 2.62. The Labute approximate surface area is 93.9 Å². The molecule has 0 amide bonds. The van der Waals surface area contributed by atoms with Crippen LogP contribution in [0.4, 0.5) is 0 Å². The minimum atomic E-state index is -0.125. The van der Waals surface area contributed by atoms with Gasteiger partial charge >= 0.3 is 0 Å². The molecule has 1 aliphatic carbocycles. The van der Waals surface area contributed by atoms with Crippen LogP contribution in [0.1, 0.15) is 25.8 Å². The molecule has 4 heteroatoms. The number of fused-ring (bicyclic) bond motifs is 1. The average Bonchev–Trinajstić information content (AvgIpc) is 2.63. The molecule has 0 aliphatic heterocycles. The molecule has 16 heavy (non-hydrogen) atoms. The summed E-state index contributed by atoms with van der Waals surface area (Å²) in [5.41, 5.74) is 1.95. The molecule has 0 saturated heterocycles. The van der Waals surface area contributed by atoms with E-state index in [1.165, 1.54) is 0 Å². The summed E-state index contributed by atoms with van der Waals surface area (Å²) in [5, 5.41) is 13.8. The van der Waals surface area contributed by atoms with Crippen molar-refractivity contribution in [3.05, 3.63) is 30.2 Å². The number of nitrogens with zero attached hydrogens (tertiary/aromatic N) is 3. The van der Waals surface area contributed by atoms with Crippen LogP contribution in [-0.4, -0.2) is 26.3 Å². The van der Waals surface area contributed by atoms with Crippen LogP contribution in [-0.2, 0) is 5.41 Å². The summed E-state index contributed by atoms with van der Waals surface area (Å²) in [6.45, 7) is 4.53. The predicted molar refractivity (Wildman–Crippen MR) is 60.1 cm³/mol. The highest BCUT2D eigenvalue weighted by atomic mass is 16.3. The zero-order valence-corrected chi connectivity index (χ0v) is 9.51. The van der Waals surface area contributed by atoms with E-state index in [4.69, 9.17) is 0 Å². The summed E-state index contributed by atoms with van der Waals surface area (Å²) in [6, 6.07) is 1.87. The molecule has 1 atom stereocenters. The molecule has 0 radical (unpaired) electrons. The van der Waals surface area contributed by atoms with Crippen molar-refractivity contribution in [2.45, 2.75) is 25.7 Å². The number of aliphatic hydroxyl groups is 1. The first-order valence-corrected chi connectivity index (χ1v) is 5.50. The van der Waals surface area contributed by atoms with Gasteiger partial charge in [0.25, 0.3) is 0 Å². The van der Waals surface area contributed by atoms with Gasteiger partial charge in [-0.3, -0.25) is 0 Å². The van der Waals surface area contributed by atoms with Crippen LogP contribution in [0.3, 0.4) is 0 Å². The Morgan fingerprint density at radius 2 is 2.25 bits per heavy atom. The molecular weight excluding hydrogens is 202 g/mol. The van der Waals surface area contributed by atoms with Gasteiger partial charge in [-0.25, -0.2) is 9.50 Å². The molecule has 1 unspecified atom stereocenters. The second-order valence-corrected chi connectivity index (χ2v) is 5.28. The lowest BCUT2D eigenvalue weighted by molar-refractivity contribution is 0.230. The summed E-state index contributed by atoms with van der Waals surface area (Å²) < 4.78 is 1.77. The molecule has 1 N–H and O–H groups in total. The van der Waals surface area contributed by atoms with Crippen molar-refractivity contribution in [2.75, 3.05) is 6.61 Å². The van der Waals surface area contributed by atoms with Crippen molar-refractivity contribution in [1.82, 2.24) is 14.6 Å². The van der Waals surface area contributed by atoms with Crippen LogP contribution in [0.15, 0.2) is 24.7 Å². The Morgan fingerprint density at radius 3 is 2.88 bits per heavy atom. The van der Waals surface area contributed by atoms with Crippen molar-refractivity contribution >= 4 is 5.65 Å². The van der Waals surface area contributed by atoms with E-state index in [1.807, 2.05) is 18.5 Å². The van der Waals surface area contributed by atoms with E-state index in [2.05, 4.69) is 23.9 Å². The number of hydrogen-bond donors (Lipinski definition) is 1. The molecule has 3 rings (SSSR count). The minimum Gasteiger partial charge on any atom is -0.395 e. The van der Waals surface area contributed by atoms with Gasteiger partial charge in [-0.05, 0) is 17.4 Å². The van der Waals surface area contributed by atoms with E-state index in [1.54, 1.807) is 10.7 Å². The molecule has 0 aromatic carbocycles. The fraction of sp³-hybridized carbons (Fsp3) is 0.500. The molecule has 0 spiro atoms. The third-order valence-electron chi connectivity index (χ3n) is 3.98. The number of aliphatic hydroxyl groups excluding tert-OH is 1. The molecule has 1 saturated carbocycles. The first kappa shape index (κ1) is 9.78. The quantitative estimate of drug-likeness (QED) is 0.827. The molecule has 2 aromatic heterocycles. The highest BCUT2D eigenvalue weighted by Crippen LogP contribution is 2.63. The maximum atomic E-state index is 9.61. The monoisotopic (exact) mass is 217 g/mol. The summed E-state index contributed by atoms with van der Waals surface area (Å²) in [6.07, 6.45) is 6.58. The maximum Gasteiger partial charge on any atom is 0.154 e. The lowest BCUT2D eigenvalue weighted by Gasteiger charge is -2.17. The van der Waals surface area contributed by atoms with Gasteiger partial charge in [-0.2, -0.15) is 5.10 Å². The van der Waals surface area contributed by atoms with Gasteiger partial charge in [0.2, 0.25) is 0 Å². The molecule has 1 fully saturated rings. The second kappa shape index (κ2) is 2.83. The molecule has 84 valence electrons. The first-order chi connectivity index (χ1) is 7.59. The van der Waals surface area contributed by atoms with Crippen LogP contribution < -0.4 is 0 Å². The lowest BCUT2D eigenvalue weighted by Crippen LogP contribution is -2.20. The summed E-state index contributed by atoms with van der Waals surface area (Å²) >= 11 is 0. The Bertz CT molecular complexity index is 546. The van der Waals surface area contributed by atoms with Crippen molar-refractivity contribution < 1.29 is 5.11 Å². The van der Waals surface area contributed by atoms with Crippen molar-refractivity contribution in [3.63, 3.8) is 0 Å². The van der Waals surface area contributed by atoms with Crippen LogP contribution in [0.25, 0.3) is 5.65 Å². The van der Waals surface area contributed by atoms with Crippen molar-refractivity contribution in [2.24, 2.45) is 5.41 Å². The van der Waals surface area contributed by atoms with Crippen LogP contribution in [0.2, 0.25) is 0 Å². The van der Waals surface area contributed by atoms with E-state index >= 15 is 0 Å². The Balaban J connectivity index is 2.12. The van der Waals surface area contributed by atoms with Gasteiger partial charge in [0.05, 0.1) is 12.8 Å². The van der Waals surface area contributed by atoms with Gasteiger partial charge in [-0.1, -0.05) is 13.8 Å². The Morgan fingerprint density at radius 1 is 1.50 bits per heavy atom. The normalized spacial score (nSPS) is 27.2. The largest absolute Gasteiger partial charge is 0.395 e. The molecule has 2 heterocycles. The van der Waals surface area contributed by atoms with Crippen LogP contribution in [0.5, 0.6) is 0 Å². The summed E-state index contributed by atoms with van der Waals surface area (Å²) in [7, 11) is 0. The highest BCUT2D eigenvalue weighted by molar-refractivity contribution is 5.41. The van der Waals surface area contributed by atoms with Crippen LogP contribution in [0, 0.1) is 5.41 Å². The standard InChI is InChI=1S/C12H15N3O/c1-11(2)7-12(11,8-16)9-5-13-10-3-4-14-15(10)6-9/h3-6,16H,7-8H2,1-2H3. The zero-order chi connectivity index (χ0) is 11.4. The smallest absolute Gasteiger partial charge is 0.154 e. The second-order valence-electron chi connectivity index (χ2n) is 5.28. The summed E-state index contributed by atoms with van der Waals surface area (Å²) in [5.74, 6) is 0. The number of hydrogen-bond acceptors (Lipinski definition) is 3. The lowest BCUT2D eigenvalue weighted by atomic mass is 9.91. The zero-order valence-electron chi connectivity index (χ0n) is 9.51. The van der Waals surface area contributed by atoms with Crippen LogP contribution >= 0.6 is 0 Å². The fourth-order valence-electron chi connectivity index (χ4n) is 2.62. The Kier molecular flexibility index (Phi) is 1.73. The van der Waals surface area contributed by atoms with E-state index in [-0.39, 0.29) is 17.4 Å². The predicted octanol–water partition coefficient (Wildman–Crippen LogP) is 1.39. The van der Waals surface area contributed by atoms with Gasteiger partial charge in [-0.15, -0.1) is 0 Å². The first-order valence-electron chi connectivity index (χ1n) is 5.50. The molecule has 0 bridgehead atoms. The highest BCUT2D eigenvalue weighted by Gasteiger charge is 2.62. The van der Waals surface area contributed by atoms with Gasteiger partial charge in [0, 0.05) is 23.9 Å². The van der Waals surface area contributed by atoms with E-state index in [9.17, 15) is 5.11 Å². The SMILES string of the molecule is CC1(C)CC1(CO)c1cnc2ccnn2c1. The third kappa shape index (κ3) is 1.08. The van der Waals surface area contributed by atoms with Crippen molar-refractivity contribution in [1.29, 1.82) is 0 Å². The summed E-state index contributed by atoms with van der Waals surface area (Å²) in [4.78, 5) is 4.35. The van der Waals surface area contributed by atoms with E-state index < -0.39 is 0 Å². The topological polar surface area (TPSA) is 50.4 Å². The van der Waals surface area contributed by atoms with Gasteiger partial charge < -0.3 is 5.11 Å². The maximum absolute atomic E-state index is 9.61.